The lowest BCUT2D eigenvalue weighted by Gasteiger charge is -2.01. The summed E-state index contributed by atoms with van der Waals surface area (Å²) in [5, 5.41) is 10.1. The second-order valence-corrected chi connectivity index (χ2v) is 2.83. The number of methoxy groups -OCH3 is 1. The van der Waals surface area contributed by atoms with Crippen LogP contribution in [-0.2, 0) is 4.74 Å². The van der Waals surface area contributed by atoms with Gasteiger partial charge in [0.15, 0.2) is 0 Å². The third-order valence-corrected chi connectivity index (χ3v) is 1.79. The van der Waals surface area contributed by atoms with Crippen molar-refractivity contribution in [2.45, 2.75) is 0 Å². The number of carbonyl (C=O) groups is 1. The van der Waals surface area contributed by atoms with Gasteiger partial charge in [0, 0.05) is 11.6 Å². The molecule has 0 heterocycles. The van der Waals surface area contributed by atoms with E-state index in [0.717, 1.165) is 12.1 Å². The van der Waals surface area contributed by atoms with Crippen molar-refractivity contribution in [3.05, 3.63) is 51.5 Å². The maximum Gasteiger partial charge on any atom is 0.337 e. The summed E-state index contributed by atoms with van der Waals surface area (Å²) in [5.41, 5.74) is 0.0893. The quantitative estimate of drug-likeness (QED) is 0.447. The summed E-state index contributed by atoms with van der Waals surface area (Å²) < 4.78 is 17.6. The van der Waals surface area contributed by atoms with Crippen molar-refractivity contribution in [3.8, 4) is 0 Å². The third-order valence-electron chi connectivity index (χ3n) is 1.79. The van der Waals surface area contributed by atoms with Crippen molar-refractivity contribution >= 4 is 12.0 Å². The van der Waals surface area contributed by atoms with Crippen LogP contribution in [0, 0.1) is 15.9 Å². The molecule has 0 atom stereocenters. The van der Waals surface area contributed by atoms with Crippen molar-refractivity contribution in [2.24, 2.45) is 0 Å². The highest BCUT2D eigenvalue weighted by molar-refractivity contribution is 5.90. The molecule has 5 nitrogen and oxygen atoms in total. The maximum atomic E-state index is 13.2. The Balaban J connectivity index is 3.08. The van der Waals surface area contributed by atoms with E-state index in [1.54, 1.807) is 0 Å². The zero-order valence-electron chi connectivity index (χ0n) is 8.34. The molecule has 0 amide bonds. The minimum absolute atomic E-state index is 0.0420. The molecule has 0 saturated heterocycles. The number of nitrogens with zero attached hydrogens (tertiary/aromatic N) is 1. The molecule has 0 unspecified atom stereocenters. The highest BCUT2D eigenvalue weighted by Gasteiger charge is 2.08. The average molecular weight is 225 g/mol. The molecule has 1 aromatic carbocycles. The van der Waals surface area contributed by atoms with Crippen LogP contribution < -0.4 is 0 Å². The zero-order chi connectivity index (χ0) is 12.1. The normalized spacial score (nSPS) is 10.4. The van der Waals surface area contributed by atoms with Crippen LogP contribution in [-0.4, -0.2) is 18.0 Å². The lowest BCUT2D eigenvalue weighted by molar-refractivity contribution is -0.400. The first kappa shape index (κ1) is 11.8. The molecule has 0 aliphatic carbocycles. The van der Waals surface area contributed by atoms with Gasteiger partial charge in [-0.1, -0.05) is 0 Å². The first-order chi connectivity index (χ1) is 7.54. The van der Waals surface area contributed by atoms with Gasteiger partial charge in [-0.15, -0.1) is 0 Å². The van der Waals surface area contributed by atoms with Crippen molar-refractivity contribution in [1.82, 2.24) is 0 Å². The molecule has 0 saturated carbocycles. The number of esters is 1. The topological polar surface area (TPSA) is 69.4 Å². The molecular weight excluding hydrogens is 217 g/mol. The van der Waals surface area contributed by atoms with Gasteiger partial charge in [0.1, 0.15) is 5.82 Å². The fourth-order valence-corrected chi connectivity index (χ4v) is 1.06. The summed E-state index contributed by atoms with van der Waals surface area (Å²) in [5.74, 6) is -1.28. The maximum absolute atomic E-state index is 13.2. The van der Waals surface area contributed by atoms with Crippen LogP contribution in [0.1, 0.15) is 15.9 Å². The Hall–Kier alpha value is -2.24. The molecular formula is C10H8FNO4. The number of ether oxygens (including phenoxy) is 1. The van der Waals surface area contributed by atoms with Gasteiger partial charge in [-0.25, -0.2) is 9.18 Å². The standard InChI is InChI=1S/C10H8FNO4/c1-16-10(13)8-2-3-9(11)7(6-8)4-5-12(14)15/h2-6H,1H3/b5-4+. The van der Waals surface area contributed by atoms with Crippen LogP contribution >= 0.6 is 0 Å². The number of nitro groups is 1. The van der Waals surface area contributed by atoms with Gasteiger partial charge in [0.25, 0.3) is 0 Å². The zero-order valence-corrected chi connectivity index (χ0v) is 8.34. The van der Waals surface area contributed by atoms with Crippen LogP contribution in [0.2, 0.25) is 0 Å². The van der Waals surface area contributed by atoms with Gasteiger partial charge in [0.2, 0.25) is 6.20 Å². The number of halogens is 1. The van der Waals surface area contributed by atoms with Gasteiger partial charge < -0.3 is 4.74 Å². The first-order valence-electron chi connectivity index (χ1n) is 4.24. The van der Waals surface area contributed by atoms with E-state index in [4.69, 9.17) is 0 Å². The van der Waals surface area contributed by atoms with E-state index < -0.39 is 16.7 Å². The van der Waals surface area contributed by atoms with Gasteiger partial charge in [0.05, 0.1) is 17.6 Å². The Morgan fingerprint density at radius 3 is 2.81 bits per heavy atom. The minimum atomic E-state index is -0.718. The molecule has 0 aliphatic heterocycles. The summed E-state index contributed by atoms with van der Waals surface area (Å²) >= 11 is 0. The molecule has 0 spiro atoms. The number of benzene rings is 1. The molecule has 1 rings (SSSR count). The fourth-order valence-electron chi connectivity index (χ4n) is 1.06. The van der Waals surface area contributed by atoms with Crippen LogP contribution in [0.15, 0.2) is 24.4 Å². The van der Waals surface area contributed by atoms with Gasteiger partial charge in [-0.3, -0.25) is 10.1 Å². The lowest BCUT2D eigenvalue weighted by Crippen LogP contribution is -2.01. The van der Waals surface area contributed by atoms with E-state index >= 15 is 0 Å². The number of carbonyl (C=O) groups excluding carboxylic acids is 1. The Morgan fingerprint density at radius 2 is 2.25 bits per heavy atom. The van der Waals surface area contributed by atoms with E-state index in [9.17, 15) is 19.3 Å². The van der Waals surface area contributed by atoms with Crippen molar-refractivity contribution < 1.29 is 18.8 Å². The van der Waals surface area contributed by atoms with E-state index in [2.05, 4.69) is 4.74 Å². The van der Waals surface area contributed by atoms with Gasteiger partial charge in [-0.2, -0.15) is 0 Å². The Kier molecular flexibility index (Phi) is 3.71. The molecule has 1 aromatic rings. The SMILES string of the molecule is COC(=O)c1ccc(F)c(/C=C/[N+](=O)[O-])c1. The Morgan fingerprint density at radius 1 is 1.56 bits per heavy atom. The molecule has 0 aromatic heterocycles. The molecule has 0 bridgehead atoms. The fraction of sp³-hybridized carbons (Fsp3) is 0.100. The molecule has 84 valence electrons. The monoisotopic (exact) mass is 225 g/mol. The van der Waals surface area contributed by atoms with Crippen LogP contribution in [0.25, 0.3) is 6.08 Å². The number of hydrogen-bond acceptors (Lipinski definition) is 4. The van der Waals surface area contributed by atoms with Gasteiger partial charge >= 0.3 is 5.97 Å². The smallest absolute Gasteiger partial charge is 0.337 e. The highest BCUT2D eigenvalue weighted by Crippen LogP contribution is 2.13. The van der Waals surface area contributed by atoms with Crippen molar-refractivity contribution in [1.29, 1.82) is 0 Å². The average Bonchev–Trinajstić information content (AvgIpc) is 2.26. The summed E-state index contributed by atoms with van der Waals surface area (Å²) in [6.45, 7) is 0. The van der Waals surface area contributed by atoms with Crippen LogP contribution in [0.4, 0.5) is 4.39 Å². The largest absolute Gasteiger partial charge is 0.465 e. The molecule has 0 fully saturated rings. The Labute approximate surface area is 90.3 Å². The summed E-state index contributed by atoms with van der Waals surface area (Å²) in [6.07, 6.45) is 1.57. The molecule has 16 heavy (non-hydrogen) atoms. The van der Waals surface area contributed by atoms with Crippen LogP contribution in [0.5, 0.6) is 0 Å². The minimum Gasteiger partial charge on any atom is -0.465 e. The third kappa shape index (κ3) is 2.88. The second-order valence-electron chi connectivity index (χ2n) is 2.83. The van der Waals surface area contributed by atoms with Crippen LogP contribution in [0.3, 0.4) is 0 Å². The van der Waals surface area contributed by atoms with Crippen molar-refractivity contribution in [2.75, 3.05) is 7.11 Å². The predicted molar refractivity (Wildman–Crippen MR) is 53.8 cm³/mol. The highest BCUT2D eigenvalue weighted by atomic mass is 19.1. The van der Waals surface area contributed by atoms with Gasteiger partial charge in [-0.05, 0) is 18.2 Å². The van der Waals surface area contributed by atoms with Crippen molar-refractivity contribution in [3.63, 3.8) is 0 Å². The number of rotatable bonds is 3. The number of hydrogen-bond donors (Lipinski definition) is 0. The first-order valence-corrected chi connectivity index (χ1v) is 4.24. The molecule has 0 aliphatic rings. The van der Waals surface area contributed by atoms with E-state index in [1.807, 2.05) is 0 Å². The predicted octanol–water partition coefficient (Wildman–Crippen LogP) is 1.86. The lowest BCUT2D eigenvalue weighted by atomic mass is 10.1. The molecule has 0 N–H and O–H groups in total. The van der Waals surface area contributed by atoms with E-state index in [1.165, 1.54) is 19.2 Å². The summed E-state index contributed by atoms with van der Waals surface area (Å²) in [7, 11) is 1.19. The summed E-state index contributed by atoms with van der Waals surface area (Å²) in [6, 6.07) is 3.47. The van der Waals surface area contributed by atoms with E-state index in [0.29, 0.717) is 6.20 Å². The molecule has 0 radical (unpaired) electrons. The second kappa shape index (κ2) is 5.01. The summed E-state index contributed by atoms with van der Waals surface area (Å²) in [4.78, 5) is 20.5. The van der Waals surface area contributed by atoms with E-state index in [-0.39, 0.29) is 11.1 Å². The Bertz CT molecular complexity index is 456. The molecule has 6 heteroatoms.